The quantitative estimate of drug-likeness (QED) is 0.792. The molecule has 3 heterocycles. The molecule has 2 aromatic rings. The van der Waals surface area contributed by atoms with Gasteiger partial charge in [0, 0.05) is 38.5 Å². The number of likely N-dealkylation sites (tertiary alicyclic amines) is 2. The molecule has 3 fully saturated rings. The van der Waals surface area contributed by atoms with Crippen molar-refractivity contribution in [3.8, 4) is 16.9 Å². The molecule has 5 rings (SSSR count). The summed E-state index contributed by atoms with van der Waals surface area (Å²) < 4.78 is 33.5. The molecule has 0 unspecified atom stereocenters. The van der Waals surface area contributed by atoms with Gasteiger partial charge in [0.05, 0.1) is 12.1 Å². The molecule has 0 aliphatic carbocycles. The molecular weight excluding hydrogens is 416 g/mol. The van der Waals surface area contributed by atoms with Crippen LogP contribution in [-0.2, 0) is 4.79 Å². The molecule has 1 spiro atoms. The van der Waals surface area contributed by atoms with Crippen molar-refractivity contribution in [2.45, 2.75) is 25.3 Å². The fourth-order valence-electron chi connectivity index (χ4n) is 4.81. The first-order chi connectivity index (χ1) is 15.3. The Labute approximate surface area is 185 Å². The molecule has 6 nitrogen and oxygen atoms in total. The van der Waals surface area contributed by atoms with Gasteiger partial charge in [-0.15, -0.1) is 0 Å². The van der Waals surface area contributed by atoms with Crippen LogP contribution >= 0.6 is 0 Å². The Morgan fingerprint density at radius 1 is 1.16 bits per heavy atom. The fourth-order valence-corrected chi connectivity index (χ4v) is 4.81. The average Bonchev–Trinajstić information content (AvgIpc) is 3.08. The number of rotatable bonds is 4. The number of carbonyl (C=O) groups is 2. The Bertz CT molecular complexity index is 1080. The molecular formula is C24H25F2N3O3. The van der Waals surface area contributed by atoms with Gasteiger partial charge < -0.3 is 19.9 Å². The lowest BCUT2D eigenvalue weighted by molar-refractivity contribution is -0.120. The van der Waals surface area contributed by atoms with Gasteiger partial charge in [0.2, 0.25) is 5.91 Å². The number of nitrogens with one attached hydrogen (secondary N) is 1. The maximum Gasteiger partial charge on any atom is 0.320 e. The van der Waals surface area contributed by atoms with Crippen molar-refractivity contribution >= 4 is 11.9 Å². The van der Waals surface area contributed by atoms with Gasteiger partial charge in [-0.3, -0.25) is 4.79 Å². The van der Waals surface area contributed by atoms with Crippen molar-refractivity contribution in [2.75, 3.05) is 32.8 Å². The van der Waals surface area contributed by atoms with Crippen molar-refractivity contribution < 1.29 is 23.1 Å². The van der Waals surface area contributed by atoms with Gasteiger partial charge in [0.25, 0.3) is 0 Å². The summed E-state index contributed by atoms with van der Waals surface area (Å²) in [6, 6.07) is 9.15. The number of urea groups is 1. The lowest BCUT2D eigenvalue weighted by atomic mass is 9.88. The molecule has 8 heteroatoms. The van der Waals surface area contributed by atoms with Gasteiger partial charge in [-0.25, -0.2) is 13.6 Å². The number of ether oxygens (including phenoxy) is 1. The van der Waals surface area contributed by atoms with Gasteiger partial charge in [-0.05, 0) is 54.3 Å². The Morgan fingerprint density at radius 2 is 1.94 bits per heavy atom. The lowest BCUT2D eigenvalue weighted by Crippen LogP contribution is -2.71. The molecule has 3 amide bonds. The summed E-state index contributed by atoms with van der Waals surface area (Å²) in [5.74, 6) is -0.411. The van der Waals surface area contributed by atoms with Crippen LogP contribution in [0.25, 0.3) is 11.1 Å². The molecule has 0 aromatic heterocycles. The van der Waals surface area contributed by atoms with Gasteiger partial charge in [0.1, 0.15) is 5.82 Å². The van der Waals surface area contributed by atoms with E-state index in [1.165, 1.54) is 18.2 Å². The zero-order valence-corrected chi connectivity index (χ0v) is 17.9. The summed E-state index contributed by atoms with van der Waals surface area (Å²) >= 11 is 0. The van der Waals surface area contributed by atoms with Crippen LogP contribution in [0.15, 0.2) is 36.4 Å². The van der Waals surface area contributed by atoms with E-state index in [9.17, 15) is 18.4 Å². The van der Waals surface area contributed by atoms with Gasteiger partial charge in [-0.1, -0.05) is 12.1 Å². The summed E-state index contributed by atoms with van der Waals surface area (Å²) in [6.07, 6.45) is 1.32. The number of halogens is 2. The number of hydrogen-bond acceptors (Lipinski definition) is 3. The van der Waals surface area contributed by atoms with Crippen LogP contribution in [0.3, 0.4) is 0 Å². The van der Waals surface area contributed by atoms with Crippen LogP contribution in [0, 0.1) is 24.5 Å². The minimum Gasteiger partial charge on any atom is -0.490 e. The zero-order chi connectivity index (χ0) is 22.5. The predicted molar refractivity (Wildman–Crippen MR) is 114 cm³/mol. The highest BCUT2D eigenvalue weighted by molar-refractivity contribution is 5.82. The first-order valence-electron chi connectivity index (χ1n) is 10.9. The molecule has 0 radical (unpaired) electrons. The molecule has 3 saturated heterocycles. The van der Waals surface area contributed by atoms with Crippen molar-refractivity contribution in [3.63, 3.8) is 0 Å². The molecule has 0 atom stereocenters. The third-order valence-electron chi connectivity index (χ3n) is 6.63. The number of carbonyl (C=O) groups excluding carboxylic acids is 2. The van der Waals surface area contributed by atoms with E-state index in [4.69, 9.17) is 4.74 Å². The summed E-state index contributed by atoms with van der Waals surface area (Å²) in [5, 5.41) is 2.98. The second-order valence-electron chi connectivity index (χ2n) is 9.15. The number of amides is 3. The Morgan fingerprint density at radius 3 is 2.59 bits per heavy atom. The minimum atomic E-state index is -0.469. The first kappa shape index (κ1) is 20.7. The van der Waals surface area contributed by atoms with E-state index in [0.29, 0.717) is 44.8 Å². The summed E-state index contributed by atoms with van der Waals surface area (Å²) in [7, 11) is 0. The number of benzene rings is 2. The monoisotopic (exact) mass is 441 g/mol. The highest BCUT2D eigenvalue weighted by Crippen LogP contribution is 2.33. The first-order valence-corrected chi connectivity index (χ1v) is 10.9. The van der Waals surface area contributed by atoms with Crippen molar-refractivity contribution in [1.82, 2.24) is 15.1 Å². The summed E-state index contributed by atoms with van der Waals surface area (Å²) in [4.78, 5) is 27.5. The third kappa shape index (κ3) is 3.78. The van der Waals surface area contributed by atoms with Gasteiger partial charge in [-0.2, -0.15) is 0 Å². The van der Waals surface area contributed by atoms with Crippen LogP contribution in [-0.4, -0.2) is 60.1 Å². The maximum atomic E-state index is 14.6. The van der Waals surface area contributed by atoms with Crippen LogP contribution in [0.1, 0.15) is 18.4 Å². The number of nitrogens with zero attached hydrogens (tertiary/aromatic N) is 2. The van der Waals surface area contributed by atoms with E-state index >= 15 is 0 Å². The highest BCUT2D eigenvalue weighted by atomic mass is 19.1. The summed E-state index contributed by atoms with van der Waals surface area (Å²) in [6.45, 7) is 4.40. The normalized spacial score (nSPS) is 19.5. The fraction of sp³-hybridized carbons (Fsp3) is 0.417. The third-order valence-corrected chi connectivity index (χ3v) is 6.63. The minimum absolute atomic E-state index is 0.0155. The van der Waals surface area contributed by atoms with Crippen molar-refractivity contribution in [3.05, 3.63) is 53.6 Å². The molecule has 3 aliphatic rings. The maximum absolute atomic E-state index is 14.6. The molecule has 168 valence electrons. The molecule has 3 aliphatic heterocycles. The zero-order valence-electron chi connectivity index (χ0n) is 17.9. The largest absolute Gasteiger partial charge is 0.490 e. The van der Waals surface area contributed by atoms with Crippen LogP contribution in [0.5, 0.6) is 5.75 Å². The van der Waals surface area contributed by atoms with E-state index < -0.39 is 5.82 Å². The smallest absolute Gasteiger partial charge is 0.320 e. The SMILES string of the molecule is Cc1cc(F)ccc1-c1ccc(OCC2CN(C(=O)N3CC4(CCC(=O)N4)C3)C2)c(F)c1. The summed E-state index contributed by atoms with van der Waals surface area (Å²) in [5.41, 5.74) is 1.96. The van der Waals surface area contributed by atoms with E-state index in [-0.39, 0.29) is 35.0 Å². The number of aryl methyl sites for hydroxylation is 1. The van der Waals surface area contributed by atoms with Gasteiger partial charge >= 0.3 is 6.03 Å². The van der Waals surface area contributed by atoms with E-state index in [1.807, 2.05) is 0 Å². The van der Waals surface area contributed by atoms with Crippen molar-refractivity contribution in [1.29, 1.82) is 0 Å². The average molecular weight is 441 g/mol. The van der Waals surface area contributed by atoms with E-state index in [0.717, 1.165) is 17.5 Å². The molecule has 32 heavy (non-hydrogen) atoms. The second-order valence-corrected chi connectivity index (χ2v) is 9.15. The van der Waals surface area contributed by atoms with Crippen molar-refractivity contribution in [2.24, 2.45) is 5.92 Å². The van der Waals surface area contributed by atoms with Crippen LogP contribution in [0.4, 0.5) is 13.6 Å². The van der Waals surface area contributed by atoms with E-state index in [1.54, 1.807) is 34.9 Å². The lowest BCUT2D eigenvalue weighted by Gasteiger charge is -2.51. The second kappa shape index (κ2) is 7.76. The Balaban J connectivity index is 1.10. The highest BCUT2D eigenvalue weighted by Gasteiger charge is 2.51. The standard InChI is InChI=1S/C24H25F2N3O3/c1-15-8-18(25)3-4-19(15)17-2-5-21(20(26)9-17)32-12-16-10-28(11-16)23(31)29-13-24(14-29)7-6-22(30)27-24/h2-5,8-9,16H,6-7,10-14H2,1H3,(H,27,30). The molecule has 2 aromatic carbocycles. The molecule has 0 bridgehead atoms. The van der Waals surface area contributed by atoms with E-state index in [2.05, 4.69) is 5.32 Å². The van der Waals surface area contributed by atoms with Gasteiger partial charge in [0.15, 0.2) is 11.6 Å². The topological polar surface area (TPSA) is 61.9 Å². The Kier molecular flexibility index (Phi) is 5.03. The van der Waals surface area contributed by atoms with Crippen LogP contribution in [0.2, 0.25) is 0 Å². The number of hydrogen-bond donors (Lipinski definition) is 1. The molecule has 1 N–H and O–H groups in total. The Hall–Kier alpha value is -3.16. The predicted octanol–water partition coefficient (Wildman–Crippen LogP) is 3.34. The van der Waals surface area contributed by atoms with Crippen LogP contribution < -0.4 is 10.1 Å². The molecule has 0 saturated carbocycles.